The zero-order valence-corrected chi connectivity index (χ0v) is 10.9. The van der Waals surface area contributed by atoms with Crippen LogP contribution in [0.4, 0.5) is 15.8 Å². The summed E-state index contributed by atoms with van der Waals surface area (Å²) < 4.78 is 13.6. The second-order valence-electron chi connectivity index (χ2n) is 4.80. The van der Waals surface area contributed by atoms with Gasteiger partial charge in [-0.3, -0.25) is 9.59 Å². The van der Waals surface area contributed by atoms with Crippen molar-refractivity contribution in [3.63, 3.8) is 0 Å². The van der Waals surface area contributed by atoms with Crippen LogP contribution in [0.1, 0.15) is 29.6 Å². The first-order valence-corrected chi connectivity index (χ1v) is 6.39. The number of carbonyl (C=O) groups excluding carboxylic acids is 2. The van der Waals surface area contributed by atoms with Crippen molar-refractivity contribution in [3.05, 3.63) is 23.5 Å². The number of hydrogen-bond donors (Lipinski definition) is 4. The molecule has 7 heteroatoms. The average molecular weight is 280 g/mol. The third-order valence-electron chi connectivity index (χ3n) is 3.01. The van der Waals surface area contributed by atoms with Crippen LogP contribution in [-0.2, 0) is 4.79 Å². The summed E-state index contributed by atoms with van der Waals surface area (Å²) in [5, 5.41) is 5.59. The maximum absolute atomic E-state index is 13.6. The van der Waals surface area contributed by atoms with E-state index in [1.54, 1.807) is 0 Å². The molecule has 0 aliphatic heterocycles. The van der Waals surface area contributed by atoms with Gasteiger partial charge in [0.25, 0.3) is 5.91 Å². The zero-order chi connectivity index (χ0) is 14.7. The Hall–Kier alpha value is -2.31. The number of benzene rings is 1. The van der Waals surface area contributed by atoms with E-state index in [2.05, 4.69) is 10.6 Å². The predicted octanol–water partition coefficient (Wildman–Crippen LogP) is 0.587. The Kier molecular flexibility index (Phi) is 4.07. The molecule has 0 radical (unpaired) electrons. The fourth-order valence-electron chi connectivity index (χ4n) is 1.78. The van der Waals surface area contributed by atoms with E-state index < -0.39 is 11.7 Å². The van der Waals surface area contributed by atoms with E-state index in [0.29, 0.717) is 6.04 Å². The smallest absolute Gasteiger partial charge is 0.250 e. The van der Waals surface area contributed by atoms with E-state index in [4.69, 9.17) is 11.5 Å². The molecule has 1 aromatic rings. The largest absolute Gasteiger partial charge is 0.398 e. The first kappa shape index (κ1) is 14.1. The minimum absolute atomic E-state index is 0.00738. The van der Waals surface area contributed by atoms with E-state index in [0.717, 1.165) is 18.9 Å². The summed E-state index contributed by atoms with van der Waals surface area (Å²) in [5.41, 5.74) is 10.8. The maximum atomic E-state index is 13.6. The zero-order valence-electron chi connectivity index (χ0n) is 10.9. The Labute approximate surface area is 115 Å². The van der Waals surface area contributed by atoms with Crippen molar-refractivity contribution >= 4 is 23.2 Å². The van der Waals surface area contributed by atoms with Crippen LogP contribution in [0.3, 0.4) is 0 Å². The summed E-state index contributed by atoms with van der Waals surface area (Å²) in [6.45, 7) is 0.262. The average Bonchev–Trinajstić information content (AvgIpc) is 3.15. The molecule has 2 rings (SSSR count). The molecule has 0 bridgehead atoms. The number of carbonyl (C=O) groups is 2. The Morgan fingerprint density at radius 3 is 2.65 bits per heavy atom. The number of primary amides is 1. The number of hydrogen-bond acceptors (Lipinski definition) is 4. The molecule has 0 atom stereocenters. The molecular weight excluding hydrogens is 263 g/mol. The van der Waals surface area contributed by atoms with Crippen LogP contribution < -0.4 is 22.1 Å². The van der Waals surface area contributed by atoms with Crippen LogP contribution in [0, 0.1) is 5.82 Å². The summed E-state index contributed by atoms with van der Waals surface area (Å²) >= 11 is 0. The monoisotopic (exact) mass is 280 g/mol. The van der Waals surface area contributed by atoms with Crippen LogP contribution in [-0.4, -0.2) is 24.4 Å². The standard InChI is InChI=1S/C13H17FN4O2/c14-9-6-10(15)8(13(16)20)5-11(9)17-4-3-12(19)18-7-1-2-7/h5-7,17H,1-4,15H2,(H2,16,20)(H,18,19). The number of anilines is 2. The first-order valence-electron chi connectivity index (χ1n) is 6.39. The highest BCUT2D eigenvalue weighted by Crippen LogP contribution is 2.22. The number of amides is 2. The van der Waals surface area contributed by atoms with E-state index in [1.807, 2.05) is 0 Å². The highest BCUT2D eigenvalue weighted by molar-refractivity contribution is 5.99. The van der Waals surface area contributed by atoms with Crippen LogP contribution in [0.2, 0.25) is 0 Å². The molecule has 1 aromatic carbocycles. The van der Waals surface area contributed by atoms with Gasteiger partial charge in [-0.25, -0.2) is 4.39 Å². The lowest BCUT2D eigenvalue weighted by Gasteiger charge is -2.10. The molecular formula is C13H17FN4O2. The molecule has 2 amide bonds. The third kappa shape index (κ3) is 3.59. The van der Waals surface area contributed by atoms with Crippen molar-refractivity contribution in [2.45, 2.75) is 25.3 Å². The Morgan fingerprint density at radius 2 is 2.05 bits per heavy atom. The molecule has 1 aliphatic carbocycles. The van der Waals surface area contributed by atoms with Crippen molar-refractivity contribution in [1.29, 1.82) is 0 Å². The number of nitrogens with one attached hydrogen (secondary N) is 2. The van der Waals surface area contributed by atoms with E-state index in [9.17, 15) is 14.0 Å². The highest BCUT2D eigenvalue weighted by atomic mass is 19.1. The van der Waals surface area contributed by atoms with Gasteiger partial charge in [0.05, 0.1) is 11.3 Å². The fraction of sp³-hybridized carbons (Fsp3) is 0.385. The van der Waals surface area contributed by atoms with Crippen molar-refractivity contribution in [2.75, 3.05) is 17.6 Å². The topological polar surface area (TPSA) is 110 Å². The minimum Gasteiger partial charge on any atom is -0.398 e. The molecule has 1 aliphatic rings. The maximum Gasteiger partial charge on any atom is 0.250 e. The van der Waals surface area contributed by atoms with Gasteiger partial charge >= 0.3 is 0 Å². The number of halogens is 1. The van der Waals surface area contributed by atoms with Crippen LogP contribution >= 0.6 is 0 Å². The van der Waals surface area contributed by atoms with Crippen LogP contribution in [0.15, 0.2) is 12.1 Å². The third-order valence-corrected chi connectivity index (χ3v) is 3.01. The normalized spacial score (nSPS) is 13.8. The molecule has 0 heterocycles. The summed E-state index contributed by atoms with van der Waals surface area (Å²) in [5.74, 6) is -1.39. The van der Waals surface area contributed by atoms with Gasteiger partial charge < -0.3 is 22.1 Å². The minimum atomic E-state index is -0.725. The van der Waals surface area contributed by atoms with Crippen LogP contribution in [0.5, 0.6) is 0 Å². The van der Waals surface area contributed by atoms with Gasteiger partial charge in [-0.2, -0.15) is 0 Å². The Balaban J connectivity index is 1.92. The molecule has 0 spiro atoms. The van der Waals surface area contributed by atoms with E-state index in [-0.39, 0.29) is 35.8 Å². The quantitative estimate of drug-likeness (QED) is 0.571. The lowest BCUT2D eigenvalue weighted by Crippen LogP contribution is -2.27. The molecule has 0 unspecified atom stereocenters. The van der Waals surface area contributed by atoms with Gasteiger partial charge in [-0.15, -0.1) is 0 Å². The van der Waals surface area contributed by atoms with Crippen molar-refractivity contribution in [1.82, 2.24) is 5.32 Å². The molecule has 0 aromatic heterocycles. The molecule has 6 nitrogen and oxygen atoms in total. The van der Waals surface area contributed by atoms with Crippen molar-refractivity contribution in [2.24, 2.45) is 5.73 Å². The SMILES string of the molecule is NC(=O)c1cc(NCCC(=O)NC2CC2)c(F)cc1N. The molecule has 108 valence electrons. The molecule has 1 fully saturated rings. The number of nitrogens with two attached hydrogens (primary N) is 2. The van der Waals surface area contributed by atoms with E-state index >= 15 is 0 Å². The predicted molar refractivity (Wildman–Crippen MR) is 73.6 cm³/mol. The first-order chi connectivity index (χ1) is 9.47. The molecule has 0 saturated heterocycles. The lowest BCUT2D eigenvalue weighted by molar-refractivity contribution is -0.120. The molecule has 6 N–H and O–H groups in total. The molecule has 20 heavy (non-hydrogen) atoms. The Bertz CT molecular complexity index is 543. The summed E-state index contributed by atoms with van der Waals surface area (Å²) in [6.07, 6.45) is 2.27. The second-order valence-corrected chi connectivity index (χ2v) is 4.80. The van der Waals surface area contributed by atoms with Crippen molar-refractivity contribution < 1.29 is 14.0 Å². The van der Waals surface area contributed by atoms with Crippen LogP contribution in [0.25, 0.3) is 0 Å². The number of rotatable bonds is 6. The van der Waals surface area contributed by atoms with Gasteiger partial charge in [-0.1, -0.05) is 0 Å². The highest BCUT2D eigenvalue weighted by Gasteiger charge is 2.22. The Morgan fingerprint density at radius 1 is 1.35 bits per heavy atom. The van der Waals surface area contributed by atoms with Gasteiger partial charge in [0, 0.05) is 24.7 Å². The second kappa shape index (κ2) is 5.77. The van der Waals surface area contributed by atoms with Gasteiger partial charge in [-0.05, 0) is 25.0 Å². The number of nitrogen functional groups attached to an aromatic ring is 1. The lowest BCUT2D eigenvalue weighted by atomic mass is 10.1. The van der Waals surface area contributed by atoms with Crippen molar-refractivity contribution in [3.8, 4) is 0 Å². The fourth-order valence-corrected chi connectivity index (χ4v) is 1.78. The summed E-state index contributed by atoms with van der Waals surface area (Å²) in [6, 6.07) is 2.59. The van der Waals surface area contributed by atoms with E-state index in [1.165, 1.54) is 6.07 Å². The van der Waals surface area contributed by atoms with Gasteiger partial charge in [0.2, 0.25) is 5.91 Å². The van der Waals surface area contributed by atoms with Gasteiger partial charge in [0.1, 0.15) is 5.82 Å². The molecule has 1 saturated carbocycles. The summed E-state index contributed by atoms with van der Waals surface area (Å²) in [7, 11) is 0. The summed E-state index contributed by atoms with van der Waals surface area (Å²) in [4.78, 5) is 22.6. The van der Waals surface area contributed by atoms with Gasteiger partial charge in [0.15, 0.2) is 0 Å².